The van der Waals surface area contributed by atoms with Crippen molar-refractivity contribution in [2.75, 3.05) is 0 Å². The van der Waals surface area contributed by atoms with E-state index < -0.39 is 0 Å². The maximum absolute atomic E-state index is 8.88. The standard InChI is InChI=1S/C10H8N4O/c11-5-7-3-1-2-4-8(7)10-13-9(6-12)15-14-10/h1-4H,6,12H2. The summed E-state index contributed by atoms with van der Waals surface area (Å²) in [6.45, 7) is 0.196. The van der Waals surface area contributed by atoms with Crippen molar-refractivity contribution in [3.63, 3.8) is 0 Å². The average Bonchev–Trinajstić information content (AvgIpc) is 2.77. The average molecular weight is 200 g/mol. The molecular formula is C10H8N4O. The smallest absolute Gasteiger partial charge is 0.240 e. The second kappa shape index (κ2) is 3.90. The van der Waals surface area contributed by atoms with Crippen LogP contribution in [0.5, 0.6) is 0 Å². The molecule has 15 heavy (non-hydrogen) atoms. The number of nitrogens with zero attached hydrogens (tertiary/aromatic N) is 3. The molecule has 1 aromatic heterocycles. The number of nitrogens with two attached hydrogens (primary N) is 1. The number of benzene rings is 1. The number of hydrogen-bond acceptors (Lipinski definition) is 5. The van der Waals surface area contributed by atoms with Gasteiger partial charge in [-0.15, -0.1) is 0 Å². The lowest BCUT2D eigenvalue weighted by Crippen LogP contribution is -1.95. The van der Waals surface area contributed by atoms with Gasteiger partial charge in [0.2, 0.25) is 11.7 Å². The molecule has 0 aliphatic heterocycles. The molecule has 2 N–H and O–H groups in total. The van der Waals surface area contributed by atoms with Gasteiger partial charge in [-0.05, 0) is 12.1 Å². The molecular weight excluding hydrogens is 192 g/mol. The Labute approximate surface area is 86.1 Å². The molecule has 0 aliphatic carbocycles. The summed E-state index contributed by atoms with van der Waals surface area (Å²) in [7, 11) is 0. The second-order valence-electron chi connectivity index (χ2n) is 2.87. The van der Waals surface area contributed by atoms with Crippen LogP contribution in [0.2, 0.25) is 0 Å². The van der Waals surface area contributed by atoms with Crippen LogP contribution in [0.3, 0.4) is 0 Å². The van der Waals surface area contributed by atoms with E-state index in [0.29, 0.717) is 22.8 Å². The van der Waals surface area contributed by atoms with Crippen LogP contribution in [-0.2, 0) is 6.54 Å². The quantitative estimate of drug-likeness (QED) is 0.783. The summed E-state index contributed by atoms with van der Waals surface area (Å²) in [4.78, 5) is 4.05. The third-order valence-electron chi connectivity index (χ3n) is 1.93. The molecule has 5 heteroatoms. The highest BCUT2D eigenvalue weighted by Crippen LogP contribution is 2.19. The van der Waals surface area contributed by atoms with E-state index in [9.17, 15) is 0 Å². The Morgan fingerprint density at radius 2 is 2.20 bits per heavy atom. The van der Waals surface area contributed by atoms with Gasteiger partial charge in [-0.2, -0.15) is 10.2 Å². The van der Waals surface area contributed by atoms with Gasteiger partial charge in [0.05, 0.1) is 18.2 Å². The van der Waals surface area contributed by atoms with Crippen LogP contribution in [0.25, 0.3) is 11.4 Å². The molecule has 74 valence electrons. The van der Waals surface area contributed by atoms with Crippen LogP contribution in [0.1, 0.15) is 11.5 Å². The fourth-order valence-electron chi connectivity index (χ4n) is 1.22. The number of nitriles is 1. The Morgan fingerprint density at radius 1 is 1.40 bits per heavy atom. The summed E-state index contributed by atoms with van der Waals surface area (Å²) in [6.07, 6.45) is 0. The molecule has 1 heterocycles. The van der Waals surface area contributed by atoms with Gasteiger partial charge >= 0.3 is 0 Å². The zero-order chi connectivity index (χ0) is 10.7. The molecule has 0 atom stereocenters. The van der Waals surface area contributed by atoms with Crippen molar-refractivity contribution < 1.29 is 4.52 Å². The summed E-state index contributed by atoms with van der Waals surface area (Å²) in [6, 6.07) is 9.14. The molecule has 5 nitrogen and oxygen atoms in total. The summed E-state index contributed by atoms with van der Waals surface area (Å²) < 4.78 is 4.87. The van der Waals surface area contributed by atoms with Gasteiger partial charge in [-0.3, -0.25) is 0 Å². The van der Waals surface area contributed by atoms with Gasteiger partial charge in [-0.1, -0.05) is 17.3 Å². The lowest BCUT2D eigenvalue weighted by Gasteiger charge is -1.95. The summed E-state index contributed by atoms with van der Waals surface area (Å²) in [5.74, 6) is 0.755. The Kier molecular flexibility index (Phi) is 2.44. The van der Waals surface area contributed by atoms with Crippen LogP contribution in [0.15, 0.2) is 28.8 Å². The van der Waals surface area contributed by atoms with Gasteiger partial charge < -0.3 is 10.3 Å². The normalized spacial score (nSPS) is 9.87. The van der Waals surface area contributed by atoms with Crippen molar-refractivity contribution in [2.45, 2.75) is 6.54 Å². The van der Waals surface area contributed by atoms with Crippen LogP contribution >= 0.6 is 0 Å². The van der Waals surface area contributed by atoms with E-state index in [2.05, 4.69) is 16.2 Å². The summed E-state index contributed by atoms with van der Waals surface area (Å²) in [5, 5.41) is 12.6. The third kappa shape index (κ3) is 1.71. The molecule has 0 fully saturated rings. The highest BCUT2D eigenvalue weighted by Gasteiger charge is 2.10. The Bertz CT molecular complexity index is 512. The minimum absolute atomic E-state index is 0.196. The predicted molar refractivity (Wildman–Crippen MR) is 52.3 cm³/mol. The summed E-state index contributed by atoms with van der Waals surface area (Å²) >= 11 is 0. The van der Waals surface area contributed by atoms with Crippen LogP contribution in [0.4, 0.5) is 0 Å². The molecule has 0 radical (unpaired) electrons. The van der Waals surface area contributed by atoms with Crippen LogP contribution < -0.4 is 5.73 Å². The van der Waals surface area contributed by atoms with Crippen molar-refractivity contribution in [2.24, 2.45) is 5.73 Å². The molecule has 0 aliphatic rings. The van der Waals surface area contributed by atoms with E-state index >= 15 is 0 Å². The lowest BCUT2D eigenvalue weighted by atomic mass is 10.1. The molecule has 0 bridgehead atoms. The monoisotopic (exact) mass is 200 g/mol. The summed E-state index contributed by atoms with van der Waals surface area (Å²) in [5.41, 5.74) is 6.52. The molecule has 0 amide bonds. The van der Waals surface area contributed by atoms with Crippen LogP contribution in [-0.4, -0.2) is 10.1 Å². The Morgan fingerprint density at radius 3 is 2.87 bits per heavy atom. The minimum atomic E-state index is 0.196. The SMILES string of the molecule is N#Cc1ccccc1-c1noc(CN)n1. The maximum Gasteiger partial charge on any atom is 0.240 e. The predicted octanol–water partition coefficient (Wildman–Crippen LogP) is 1.07. The van der Waals surface area contributed by atoms with E-state index in [1.807, 2.05) is 6.07 Å². The first-order valence-corrected chi connectivity index (χ1v) is 4.37. The van der Waals surface area contributed by atoms with E-state index in [-0.39, 0.29) is 6.54 Å². The molecule has 2 aromatic rings. The van der Waals surface area contributed by atoms with Crippen LogP contribution in [0, 0.1) is 11.3 Å². The first-order valence-electron chi connectivity index (χ1n) is 4.37. The zero-order valence-corrected chi connectivity index (χ0v) is 7.84. The van der Waals surface area contributed by atoms with E-state index in [1.165, 1.54) is 0 Å². The van der Waals surface area contributed by atoms with Crippen molar-refractivity contribution >= 4 is 0 Å². The van der Waals surface area contributed by atoms with Gasteiger partial charge in [-0.25, -0.2) is 0 Å². The molecule has 0 saturated carbocycles. The molecule has 0 unspecified atom stereocenters. The molecule has 0 spiro atoms. The van der Waals surface area contributed by atoms with Gasteiger partial charge in [0.25, 0.3) is 0 Å². The van der Waals surface area contributed by atoms with E-state index in [0.717, 1.165) is 0 Å². The minimum Gasteiger partial charge on any atom is -0.338 e. The Balaban J connectivity index is 2.49. The lowest BCUT2D eigenvalue weighted by molar-refractivity contribution is 0.380. The first-order chi connectivity index (χ1) is 7.35. The van der Waals surface area contributed by atoms with E-state index in [1.54, 1.807) is 18.2 Å². The van der Waals surface area contributed by atoms with Crippen molar-refractivity contribution in [3.05, 3.63) is 35.7 Å². The molecule has 0 saturated heterocycles. The molecule has 1 aromatic carbocycles. The largest absolute Gasteiger partial charge is 0.338 e. The van der Waals surface area contributed by atoms with Crippen molar-refractivity contribution in [3.8, 4) is 17.5 Å². The maximum atomic E-state index is 8.88. The highest BCUT2D eigenvalue weighted by molar-refractivity contribution is 5.63. The highest BCUT2D eigenvalue weighted by atomic mass is 16.5. The third-order valence-corrected chi connectivity index (χ3v) is 1.93. The van der Waals surface area contributed by atoms with Gasteiger partial charge in [0, 0.05) is 5.56 Å². The van der Waals surface area contributed by atoms with Gasteiger partial charge in [0.15, 0.2) is 0 Å². The van der Waals surface area contributed by atoms with E-state index in [4.69, 9.17) is 15.5 Å². The topological polar surface area (TPSA) is 88.7 Å². The number of rotatable bonds is 2. The Hall–Kier alpha value is -2.19. The fraction of sp³-hybridized carbons (Fsp3) is 0.100. The van der Waals surface area contributed by atoms with Gasteiger partial charge in [0.1, 0.15) is 0 Å². The zero-order valence-electron chi connectivity index (χ0n) is 7.84. The number of aromatic nitrogens is 2. The molecule has 2 rings (SSSR count). The first kappa shape index (κ1) is 9.37. The fourth-order valence-corrected chi connectivity index (χ4v) is 1.22. The van der Waals surface area contributed by atoms with Crippen molar-refractivity contribution in [1.29, 1.82) is 5.26 Å². The second-order valence-corrected chi connectivity index (χ2v) is 2.87. The number of hydrogen-bond donors (Lipinski definition) is 1. The van der Waals surface area contributed by atoms with Crippen molar-refractivity contribution in [1.82, 2.24) is 10.1 Å².